The van der Waals surface area contributed by atoms with Crippen LogP contribution in [-0.4, -0.2) is 11.3 Å². The predicted molar refractivity (Wildman–Crippen MR) is 54.8 cm³/mol. The van der Waals surface area contributed by atoms with Crippen molar-refractivity contribution < 1.29 is 4.79 Å². The normalized spacial score (nSPS) is 10.6. The van der Waals surface area contributed by atoms with Crippen LogP contribution in [0.25, 0.3) is 10.1 Å². The van der Waals surface area contributed by atoms with Crippen molar-refractivity contribution in [2.75, 3.05) is 0 Å². The van der Waals surface area contributed by atoms with Crippen molar-refractivity contribution >= 4 is 39.3 Å². The van der Waals surface area contributed by atoms with Crippen LogP contribution in [0.2, 0.25) is 5.15 Å². The third kappa shape index (κ3) is 1.24. The van der Waals surface area contributed by atoms with Gasteiger partial charge in [-0.3, -0.25) is 4.79 Å². The molecule has 0 aliphatic heterocycles. The molecule has 0 fully saturated rings. The number of aromatic nitrogens is 1. The van der Waals surface area contributed by atoms with E-state index in [1.165, 1.54) is 11.3 Å². The van der Waals surface area contributed by atoms with Crippen LogP contribution < -0.4 is 0 Å². The van der Waals surface area contributed by atoms with Crippen molar-refractivity contribution in [3.63, 3.8) is 0 Å². The summed E-state index contributed by atoms with van der Waals surface area (Å²) < 4.78 is 0.892. The zero-order chi connectivity index (χ0) is 9.42. The number of carbonyl (C=O) groups excluding carboxylic acids is 1. The van der Waals surface area contributed by atoms with E-state index in [0.717, 1.165) is 26.8 Å². The minimum Gasteiger partial charge on any atom is -0.298 e. The summed E-state index contributed by atoms with van der Waals surface area (Å²) in [6, 6.07) is 1.81. The van der Waals surface area contributed by atoms with Gasteiger partial charge in [0.2, 0.25) is 0 Å². The van der Waals surface area contributed by atoms with Crippen molar-refractivity contribution in [1.29, 1.82) is 0 Å². The molecule has 0 amide bonds. The van der Waals surface area contributed by atoms with Crippen molar-refractivity contribution in [2.45, 2.75) is 6.92 Å². The van der Waals surface area contributed by atoms with Gasteiger partial charge in [-0.15, -0.1) is 11.3 Å². The van der Waals surface area contributed by atoms with E-state index < -0.39 is 0 Å². The lowest BCUT2D eigenvalue weighted by Gasteiger charge is -1.91. The third-order valence-electron chi connectivity index (χ3n) is 1.90. The van der Waals surface area contributed by atoms with E-state index in [9.17, 15) is 4.79 Å². The number of thiophene rings is 1. The third-order valence-corrected chi connectivity index (χ3v) is 3.45. The van der Waals surface area contributed by atoms with Gasteiger partial charge in [0.05, 0.1) is 4.70 Å². The largest absolute Gasteiger partial charge is 0.298 e. The second-order valence-electron chi connectivity index (χ2n) is 2.67. The lowest BCUT2D eigenvalue weighted by atomic mass is 10.2. The average molecular weight is 212 g/mol. The fourth-order valence-corrected chi connectivity index (χ4v) is 2.55. The van der Waals surface area contributed by atoms with Gasteiger partial charge in [0.15, 0.2) is 6.29 Å². The first-order chi connectivity index (χ1) is 6.24. The van der Waals surface area contributed by atoms with Crippen molar-refractivity contribution in [3.05, 3.63) is 27.9 Å². The number of fused-ring (bicyclic) bond motifs is 1. The van der Waals surface area contributed by atoms with Crippen molar-refractivity contribution in [2.24, 2.45) is 0 Å². The number of pyridine rings is 1. The molecule has 0 radical (unpaired) electrons. The van der Waals surface area contributed by atoms with Gasteiger partial charge >= 0.3 is 0 Å². The molecule has 0 saturated heterocycles. The second-order valence-corrected chi connectivity index (χ2v) is 4.25. The van der Waals surface area contributed by atoms with Gasteiger partial charge in [-0.2, -0.15) is 0 Å². The summed E-state index contributed by atoms with van der Waals surface area (Å²) in [6.07, 6.45) is 2.48. The molecule has 2 heterocycles. The van der Waals surface area contributed by atoms with Crippen LogP contribution in [0.4, 0.5) is 0 Å². The quantitative estimate of drug-likeness (QED) is 0.536. The first-order valence-corrected chi connectivity index (χ1v) is 4.92. The molecule has 0 saturated carbocycles. The van der Waals surface area contributed by atoms with Crippen LogP contribution in [0.15, 0.2) is 12.3 Å². The molecule has 0 aliphatic rings. The van der Waals surface area contributed by atoms with E-state index in [4.69, 9.17) is 11.6 Å². The van der Waals surface area contributed by atoms with Crippen LogP contribution in [0.5, 0.6) is 0 Å². The summed E-state index contributed by atoms with van der Waals surface area (Å²) in [5, 5.41) is 1.37. The van der Waals surface area contributed by atoms with E-state index in [1.807, 2.05) is 13.0 Å². The van der Waals surface area contributed by atoms with Crippen molar-refractivity contribution in [1.82, 2.24) is 4.98 Å². The molecule has 0 bridgehead atoms. The molecular weight excluding hydrogens is 206 g/mol. The molecule has 13 heavy (non-hydrogen) atoms. The first kappa shape index (κ1) is 8.66. The number of carbonyl (C=O) groups is 1. The van der Waals surface area contributed by atoms with Gasteiger partial charge < -0.3 is 0 Å². The molecule has 0 unspecified atom stereocenters. The van der Waals surface area contributed by atoms with E-state index in [-0.39, 0.29) is 0 Å². The van der Waals surface area contributed by atoms with Gasteiger partial charge in [-0.25, -0.2) is 4.98 Å². The maximum atomic E-state index is 10.8. The molecule has 0 atom stereocenters. The molecule has 2 aromatic rings. The number of nitrogens with zero attached hydrogens (tertiary/aromatic N) is 1. The zero-order valence-electron chi connectivity index (χ0n) is 6.87. The van der Waals surface area contributed by atoms with Gasteiger partial charge in [0, 0.05) is 22.0 Å². The van der Waals surface area contributed by atoms with Gasteiger partial charge in [-0.05, 0) is 13.0 Å². The predicted octanol–water partition coefficient (Wildman–Crippen LogP) is 3.07. The number of hydrogen-bond acceptors (Lipinski definition) is 3. The van der Waals surface area contributed by atoms with Crippen LogP contribution in [0, 0.1) is 6.92 Å². The lowest BCUT2D eigenvalue weighted by Crippen LogP contribution is -1.79. The second kappa shape index (κ2) is 3.09. The maximum absolute atomic E-state index is 10.8. The minimum atomic E-state index is 0.471. The summed E-state index contributed by atoms with van der Waals surface area (Å²) in [7, 11) is 0. The van der Waals surface area contributed by atoms with Crippen LogP contribution >= 0.6 is 22.9 Å². The molecular formula is C9H6ClNOS. The Morgan fingerprint density at radius 3 is 3.08 bits per heavy atom. The monoisotopic (exact) mass is 211 g/mol. The van der Waals surface area contributed by atoms with E-state index in [2.05, 4.69) is 4.98 Å². The minimum absolute atomic E-state index is 0.471. The maximum Gasteiger partial charge on any atom is 0.151 e. The first-order valence-electron chi connectivity index (χ1n) is 3.73. The zero-order valence-corrected chi connectivity index (χ0v) is 8.45. The van der Waals surface area contributed by atoms with E-state index in [0.29, 0.717) is 5.15 Å². The van der Waals surface area contributed by atoms with Crippen LogP contribution in [0.1, 0.15) is 15.2 Å². The molecule has 0 aliphatic carbocycles. The number of halogens is 1. The Morgan fingerprint density at radius 2 is 2.38 bits per heavy atom. The van der Waals surface area contributed by atoms with Gasteiger partial charge in [-0.1, -0.05) is 11.6 Å². The smallest absolute Gasteiger partial charge is 0.151 e. The number of aryl methyl sites for hydroxylation is 1. The number of hydrogen-bond donors (Lipinski definition) is 0. The molecule has 0 aromatic carbocycles. The highest BCUT2D eigenvalue weighted by molar-refractivity contribution is 7.20. The Bertz CT molecular complexity index is 478. The van der Waals surface area contributed by atoms with Gasteiger partial charge in [0.1, 0.15) is 5.15 Å². The Labute approximate surface area is 84.2 Å². The Morgan fingerprint density at radius 1 is 1.62 bits per heavy atom. The molecule has 66 valence electrons. The fraction of sp³-hybridized carbons (Fsp3) is 0.111. The molecule has 4 heteroatoms. The topological polar surface area (TPSA) is 30.0 Å². The molecule has 2 nitrogen and oxygen atoms in total. The molecule has 0 spiro atoms. The molecule has 0 N–H and O–H groups in total. The lowest BCUT2D eigenvalue weighted by molar-refractivity contribution is 0.112. The van der Waals surface area contributed by atoms with Crippen molar-refractivity contribution in [3.8, 4) is 0 Å². The summed E-state index contributed by atoms with van der Waals surface area (Å²) in [5.41, 5.74) is 0.726. The highest BCUT2D eigenvalue weighted by atomic mass is 35.5. The average Bonchev–Trinajstić information content (AvgIpc) is 2.43. The summed E-state index contributed by atoms with van der Waals surface area (Å²) in [6.45, 7) is 1.91. The standard InChI is InChI=1S/C9H6ClNOS/c1-5-7(4-12)6-2-3-11-9(10)8(6)13-5/h2-4H,1H3. The SMILES string of the molecule is Cc1sc2c(Cl)nccc2c1C=O. The van der Waals surface area contributed by atoms with E-state index in [1.54, 1.807) is 6.20 Å². The van der Waals surface area contributed by atoms with Gasteiger partial charge in [0.25, 0.3) is 0 Å². The Balaban J connectivity index is 2.93. The number of rotatable bonds is 1. The fourth-order valence-electron chi connectivity index (χ4n) is 1.28. The highest BCUT2D eigenvalue weighted by Crippen LogP contribution is 2.33. The van der Waals surface area contributed by atoms with Crippen LogP contribution in [-0.2, 0) is 0 Å². The summed E-state index contributed by atoms with van der Waals surface area (Å²) in [5.74, 6) is 0. The summed E-state index contributed by atoms with van der Waals surface area (Å²) in [4.78, 5) is 15.7. The van der Waals surface area contributed by atoms with E-state index >= 15 is 0 Å². The highest BCUT2D eigenvalue weighted by Gasteiger charge is 2.10. The molecule has 2 aromatic heterocycles. The molecule has 2 rings (SSSR count). The number of aldehydes is 1. The Kier molecular flexibility index (Phi) is 2.06. The summed E-state index contributed by atoms with van der Waals surface area (Å²) >= 11 is 7.39. The van der Waals surface area contributed by atoms with Crippen LogP contribution in [0.3, 0.4) is 0 Å². The Hall–Kier alpha value is -0.930.